The maximum Gasteiger partial charge on any atom is 0.0711 e. The zero-order chi connectivity index (χ0) is 39.0. The lowest BCUT2D eigenvalue weighted by atomic mass is 9.94. The fourth-order valence-electron chi connectivity index (χ4n) is 8.99. The molecule has 4 nitrogen and oxygen atoms in total. The third-order valence-corrected chi connectivity index (χ3v) is 11.9. The molecule has 0 bridgehead atoms. The number of unbranched alkanes of at least 4 members (excludes halogenated alkanes) is 2. The Hall–Kier alpha value is -6.78. The lowest BCUT2D eigenvalue weighted by Gasteiger charge is -2.16. The van der Waals surface area contributed by atoms with Crippen LogP contribution in [0.15, 0.2) is 170 Å². The highest BCUT2D eigenvalue weighted by Gasteiger charge is 2.17. The molecule has 10 aromatic rings. The molecule has 0 unspecified atom stereocenters. The summed E-state index contributed by atoms with van der Waals surface area (Å²) in [5.41, 5.74) is 16.5. The van der Waals surface area contributed by atoms with Gasteiger partial charge in [-0.25, -0.2) is 0 Å². The first kappa shape index (κ1) is 35.6. The summed E-state index contributed by atoms with van der Waals surface area (Å²) in [5.74, 6) is 0. The van der Waals surface area contributed by atoms with Crippen LogP contribution in [-0.2, 0) is 12.8 Å². The van der Waals surface area contributed by atoms with Gasteiger partial charge in [-0.05, 0) is 115 Å². The fraction of sp³-hybridized carbons (Fsp3) is 0.148. The molecule has 0 amide bonds. The molecule has 0 radical (unpaired) electrons. The van der Waals surface area contributed by atoms with Crippen molar-refractivity contribution in [3.05, 3.63) is 181 Å². The highest BCUT2D eigenvalue weighted by Crippen LogP contribution is 2.38. The topological polar surface area (TPSA) is 35.6 Å². The van der Waals surface area contributed by atoms with E-state index in [4.69, 9.17) is 9.97 Å². The minimum atomic E-state index is 0.980. The van der Waals surface area contributed by atoms with Crippen molar-refractivity contribution in [2.24, 2.45) is 0 Å². The smallest absolute Gasteiger partial charge is 0.0711 e. The molecule has 4 heterocycles. The Labute approximate surface area is 340 Å². The van der Waals surface area contributed by atoms with Gasteiger partial charge in [0.05, 0.1) is 27.8 Å². The SMILES string of the molecule is CCCCc1ccc(-n2c3ccccc3c3ccccc32)cc1-c1cncc(-c2ccnc(-c3cc(-n4c5ccccc5c5ccccc54)ccc3CCCC)c2)c1. The van der Waals surface area contributed by atoms with Crippen LogP contribution < -0.4 is 0 Å². The van der Waals surface area contributed by atoms with Gasteiger partial charge in [-0.1, -0.05) is 112 Å². The number of para-hydroxylation sites is 4. The number of hydrogen-bond donors (Lipinski definition) is 0. The van der Waals surface area contributed by atoms with Gasteiger partial charge in [0, 0.05) is 68.2 Å². The number of rotatable bonds is 11. The molecule has 10 rings (SSSR count). The van der Waals surface area contributed by atoms with E-state index in [9.17, 15) is 0 Å². The molecule has 282 valence electrons. The fourth-order valence-corrected chi connectivity index (χ4v) is 8.99. The van der Waals surface area contributed by atoms with Crippen molar-refractivity contribution in [1.82, 2.24) is 19.1 Å². The predicted molar refractivity (Wildman–Crippen MR) is 244 cm³/mol. The Morgan fingerprint density at radius 3 is 1.41 bits per heavy atom. The average molecular weight is 751 g/mol. The third kappa shape index (κ3) is 6.26. The first-order chi connectivity index (χ1) is 28.7. The molecular weight excluding hydrogens is 705 g/mol. The van der Waals surface area contributed by atoms with Crippen molar-refractivity contribution >= 4 is 43.6 Å². The monoisotopic (exact) mass is 750 g/mol. The summed E-state index contributed by atoms with van der Waals surface area (Å²) in [6.07, 6.45) is 12.6. The van der Waals surface area contributed by atoms with Gasteiger partial charge in [0.2, 0.25) is 0 Å². The maximum atomic E-state index is 5.04. The molecule has 0 aliphatic heterocycles. The predicted octanol–water partition coefficient (Wildman–Crippen LogP) is 14.4. The number of fused-ring (bicyclic) bond motifs is 6. The Morgan fingerprint density at radius 1 is 0.431 bits per heavy atom. The summed E-state index contributed by atoms with van der Waals surface area (Å²) in [7, 11) is 0. The molecule has 0 aliphatic carbocycles. The van der Waals surface area contributed by atoms with E-state index < -0.39 is 0 Å². The summed E-state index contributed by atoms with van der Waals surface area (Å²) in [6, 6.07) is 55.6. The van der Waals surface area contributed by atoms with Gasteiger partial charge in [-0.3, -0.25) is 9.97 Å². The summed E-state index contributed by atoms with van der Waals surface area (Å²) < 4.78 is 4.81. The largest absolute Gasteiger partial charge is 0.309 e. The standard InChI is InChI=1S/C54H46N4/c1-3-5-15-37-25-27-42(57-51-21-11-7-17-44(51)45-18-8-12-22-52(45)57)33-48(37)41-31-40(35-55-36-41)39-29-30-56-50(32-39)49-34-43(28-26-38(49)16-6-4-2)58-53-23-13-9-19-46(53)47-20-10-14-24-54(47)58/h7-14,17-36H,3-6,15-16H2,1-2H3. The van der Waals surface area contributed by atoms with E-state index in [0.717, 1.165) is 72.3 Å². The molecule has 6 aromatic carbocycles. The number of aromatic nitrogens is 4. The van der Waals surface area contributed by atoms with Gasteiger partial charge in [-0.2, -0.15) is 0 Å². The van der Waals surface area contributed by atoms with E-state index >= 15 is 0 Å². The number of pyridine rings is 2. The van der Waals surface area contributed by atoms with Crippen LogP contribution in [0.1, 0.15) is 50.7 Å². The van der Waals surface area contributed by atoms with Crippen LogP contribution in [0, 0.1) is 0 Å². The van der Waals surface area contributed by atoms with Gasteiger partial charge < -0.3 is 9.13 Å². The van der Waals surface area contributed by atoms with E-state index in [-0.39, 0.29) is 0 Å². The normalized spacial score (nSPS) is 11.7. The van der Waals surface area contributed by atoms with Gasteiger partial charge in [0.1, 0.15) is 0 Å². The zero-order valence-corrected chi connectivity index (χ0v) is 33.2. The Kier molecular flexibility index (Phi) is 9.39. The molecule has 0 N–H and O–H groups in total. The van der Waals surface area contributed by atoms with Crippen LogP contribution in [-0.4, -0.2) is 19.1 Å². The Bertz CT molecular complexity index is 2790. The van der Waals surface area contributed by atoms with Crippen LogP contribution in [0.2, 0.25) is 0 Å². The third-order valence-electron chi connectivity index (χ3n) is 11.9. The molecule has 58 heavy (non-hydrogen) atoms. The van der Waals surface area contributed by atoms with Crippen molar-refractivity contribution in [1.29, 1.82) is 0 Å². The zero-order valence-electron chi connectivity index (χ0n) is 33.2. The average Bonchev–Trinajstić information content (AvgIpc) is 3.81. The Balaban J connectivity index is 1.08. The van der Waals surface area contributed by atoms with Crippen molar-refractivity contribution in [3.63, 3.8) is 0 Å². The van der Waals surface area contributed by atoms with E-state index in [2.05, 4.69) is 175 Å². The van der Waals surface area contributed by atoms with E-state index in [0.29, 0.717) is 0 Å². The summed E-state index contributed by atoms with van der Waals surface area (Å²) in [6.45, 7) is 4.53. The molecule has 0 atom stereocenters. The lowest BCUT2D eigenvalue weighted by molar-refractivity contribution is 0.795. The number of aryl methyl sites for hydroxylation is 2. The minimum Gasteiger partial charge on any atom is -0.309 e. The van der Waals surface area contributed by atoms with Gasteiger partial charge >= 0.3 is 0 Å². The number of hydrogen-bond acceptors (Lipinski definition) is 2. The van der Waals surface area contributed by atoms with Crippen LogP contribution in [0.5, 0.6) is 0 Å². The first-order valence-corrected chi connectivity index (χ1v) is 20.9. The molecule has 0 saturated carbocycles. The summed E-state index contributed by atoms with van der Waals surface area (Å²) in [5, 5.41) is 5.07. The van der Waals surface area contributed by atoms with Crippen LogP contribution in [0.25, 0.3) is 88.5 Å². The lowest BCUT2D eigenvalue weighted by Crippen LogP contribution is -1.99. The summed E-state index contributed by atoms with van der Waals surface area (Å²) in [4.78, 5) is 9.92. The van der Waals surface area contributed by atoms with Gasteiger partial charge in [0.15, 0.2) is 0 Å². The number of benzene rings is 6. The van der Waals surface area contributed by atoms with Gasteiger partial charge in [0.25, 0.3) is 0 Å². The highest BCUT2D eigenvalue weighted by molar-refractivity contribution is 6.10. The van der Waals surface area contributed by atoms with E-state index in [1.165, 1.54) is 65.9 Å². The molecule has 4 aromatic heterocycles. The molecule has 0 saturated heterocycles. The molecule has 0 aliphatic rings. The van der Waals surface area contributed by atoms with Crippen LogP contribution in [0.3, 0.4) is 0 Å². The van der Waals surface area contributed by atoms with Crippen molar-refractivity contribution in [2.45, 2.75) is 52.4 Å². The quantitative estimate of drug-likeness (QED) is 0.132. The van der Waals surface area contributed by atoms with E-state index in [1.54, 1.807) is 0 Å². The highest BCUT2D eigenvalue weighted by atomic mass is 15.0. The molecular formula is C54H46N4. The Morgan fingerprint density at radius 2 is 0.897 bits per heavy atom. The molecule has 4 heteroatoms. The molecule has 0 fully saturated rings. The summed E-state index contributed by atoms with van der Waals surface area (Å²) >= 11 is 0. The van der Waals surface area contributed by atoms with E-state index in [1.807, 2.05) is 18.6 Å². The van der Waals surface area contributed by atoms with Crippen LogP contribution in [0.4, 0.5) is 0 Å². The molecule has 0 spiro atoms. The number of nitrogens with zero attached hydrogens (tertiary/aromatic N) is 4. The van der Waals surface area contributed by atoms with Crippen molar-refractivity contribution in [3.8, 4) is 44.9 Å². The first-order valence-electron chi connectivity index (χ1n) is 20.9. The second-order valence-electron chi connectivity index (χ2n) is 15.5. The van der Waals surface area contributed by atoms with Gasteiger partial charge in [-0.15, -0.1) is 0 Å². The van der Waals surface area contributed by atoms with Crippen molar-refractivity contribution in [2.75, 3.05) is 0 Å². The van der Waals surface area contributed by atoms with Crippen LogP contribution >= 0.6 is 0 Å². The second kappa shape index (κ2) is 15.3. The second-order valence-corrected chi connectivity index (χ2v) is 15.5. The maximum absolute atomic E-state index is 5.04. The van der Waals surface area contributed by atoms with Crippen molar-refractivity contribution < 1.29 is 0 Å². The minimum absolute atomic E-state index is 0.980.